The molecular weight excluding hydrogens is 212 g/mol. The summed E-state index contributed by atoms with van der Waals surface area (Å²) in [4.78, 5) is 21.8. The van der Waals surface area contributed by atoms with Crippen molar-refractivity contribution >= 4 is 12.0 Å². The van der Waals surface area contributed by atoms with Gasteiger partial charge in [0.05, 0.1) is 6.61 Å². The summed E-state index contributed by atoms with van der Waals surface area (Å²) in [7, 11) is 0. The third kappa shape index (κ3) is 5.22. The van der Waals surface area contributed by atoms with Crippen LogP contribution in [0, 0.1) is 12.3 Å². The first kappa shape index (κ1) is 14.3. The molecule has 0 heterocycles. The largest absolute Gasteiger partial charge is 0.480 e. The van der Waals surface area contributed by atoms with Crippen LogP contribution in [-0.4, -0.2) is 40.9 Å². The fourth-order valence-corrected chi connectivity index (χ4v) is 1.01. The van der Waals surface area contributed by atoms with Crippen molar-refractivity contribution in [1.82, 2.24) is 10.6 Å². The number of nitrogens with one attached hydrogen (secondary N) is 2. The van der Waals surface area contributed by atoms with E-state index in [4.69, 9.17) is 16.6 Å². The number of urea groups is 1. The van der Waals surface area contributed by atoms with E-state index in [9.17, 15) is 9.59 Å². The van der Waals surface area contributed by atoms with Crippen LogP contribution in [0.2, 0.25) is 0 Å². The molecule has 0 aromatic carbocycles. The molecule has 0 rings (SSSR count). The van der Waals surface area contributed by atoms with Gasteiger partial charge in [-0.2, -0.15) is 0 Å². The normalized spacial score (nSPS) is 13.3. The third-order valence-electron chi connectivity index (χ3n) is 1.98. The van der Waals surface area contributed by atoms with Crippen LogP contribution in [0.25, 0.3) is 0 Å². The lowest BCUT2D eigenvalue weighted by atomic mass is 10.1. The zero-order chi connectivity index (χ0) is 12.6. The number of aliphatic carboxylic acids is 1. The van der Waals surface area contributed by atoms with Gasteiger partial charge in [0.15, 0.2) is 6.04 Å². The van der Waals surface area contributed by atoms with Crippen LogP contribution in [0.4, 0.5) is 4.79 Å². The van der Waals surface area contributed by atoms with E-state index in [1.165, 1.54) is 0 Å². The van der Waals surface area contributed by atoms with E-state index in [-0.39, 0.29) is 6.04 Å². The van der Waals surface area contributed by atoms with Crippen molar-refractivity contribution in [2.24, 2.45) is 0 Å². The van der Waals surface area contributed by atoms with Gasteiger partial charge in [0, 0.05) is 12.5 Å². The number of aliphatic hydroxyl groups is 1. The molecule has 0 aromatic rings. The van der Waals surface area contributed by atoms with Crippen molar-refractivity contribution in [1.29, 1.82) is 0 Å². The molecule has 0 fully saturated rings. The highest BCUT2D eigenvalue weighted by atomic mass is 16.4. The Morgan fingerprint density at radius 1 is 1.44 bits per heavy atom. The highest BCUT2D eigenvalue weighted by molar-refractivity contribution is 5.82. The quantitative estimate of drug-likeness (QED) is 0.462. The molecule has 0 aliphatic heterocycles. The van der Waals surface area contributed by atoms with Crippen molar-refractivity contribution in [2.45, 2.75) is 31.8 Å². The number of aliphatic hydroxyl groups excluding tert-OH is 1. The van der Waals surface area contributed by atoms with Gasteiger partial charge in [-0.25, -0.2) is 9.59 Å². The zero-order valence-electron chi connectivity index (χ0n) is 9.06. The van der Waals surface area contributed by atoms with Gasteiger partial charge in [-0.05, 0) is 6.42 Å². The summed E-state index contributed by atoms with van der Waals surface area (Å²) in [5.41, 5.74) is 0. The Hall–Kier alpha value is -1.74. The van der Waals surface area contributed by atoms with E-state index in [0.717, 1.165) is 0 Å². The van der Waals surface area contributed by atoms with Crippen LogP contribution >= 0.6 is 0 Å². The molecule has 1 unspecified atom stereocenters. The first-order valence-corrected chi connectivity index (χ1v) is 4.89. The molecule has 0 bridgehead atoms. The molecule has 0 saturated carbocycles. The van der Waals surface area contributed by atoms with Gasteiger partial charge in [0.25, 0.3) is 0 Å². The highest BCUT2D eigenvalue weighted by Gasteiger charge is 2.19. The molecule has 6 heteroatoms. The minimum atomic E-state index is -1.30. The minimum Gasteiger partial charge on any atom is -0.480 e. The number of carboxylic acid groups (broad SMARTS) is 1. The number of carbonyl (C=O) groups is 2. The van der Waals surface area contributed by atoms with Gasteiger partial charge in [0.1, 0.15) is 0 Å². The number of terminal acetylenes is 1. The Labute approximate surface area is 94.0 Å². The van der Waals surface area contributed by atoms with Crippen molar-refractivity contribution in [3.63, 3.8) is 0 Å². The second kappa shape index (κ2) is 7.54. The molecule has 0 aromatic heterocycles. The lowest BCUT2D eigenvalue weighted by Gasteiger charge is -2.17. The predicted octanol–water partition coefficient (Wildman–Crippen LogP) is -0.467. The van der Waals surface area contributed by atoms with Crippen molar-refractivity contribution in [3.8, 4) is 12.3 Å². The van der Waals surface area contributed by atoms with Crippen LogP contribution in [0.3, 0.4) is 0 Å². The number of carboxylic acids is 1. The van der Waals surface area contributed by atoms with Crippen LogP contribution in [-0.2, 0) is 4.79 Å². The van der Waals surface area contributed by atoms with Crippen LogP contribution < -0.4 is 10.6 Å². The SMILES string of the molecule is C#CCC(CC)NC(=O)N[C@H](CO)C(=O)O. The molecular formula is C10H16N2O4. The maximum Gasteiger partial charge on any atom is 0.328 e. The van der Waals surface area contributed by atoms with E-state index in [2.05, 4.69) is 16.6 Å². The summed E-state index contributed by atoms with van der Waals surface area (Å²) < 4.78 is 0. The molecule has 0 saturated heterocycles. The van der Waals surface area contributed by atoms with Gasteiger partial charge in [0.2, 0.25) is 0 Å². The average Bonchev–Trinajstić information content (AvgIpc) is 2.24. The van der Waals surface area contributed by atoms with Gasteiger partial charge in [-0.3, -0.25) is 0 Å². The second-order valence-electron chi connectivity index (χ2n) is 3.20. The Morgan fingerprint density at radius 3 is 2.44 bits per heavy atom. The fraction of sp³-hybridized carbons (Fsp3) is 0.600. The molecule has 0 radical (unpaired) electrons. The Bertz CT molecular complexity index is 285. The summed E-state index contributed by atoms with van der Waals surface area (Å²) in [6, 6.07) is -2.15. The molecule has 0 spiro atoms. The van der Waals surface area contributed by atoms with Crippen molar-refractivity contribution < 1.29 is 19.8 Å². The number of carbonyl (C=O) groups excluding carboxylic acids is 1. The highest BCUT2D eigenvalue weighted by Crippen LogP contribution is 1.95. The van der Waals surface area contributed by atoms with Gasteiger partial charge < -0.3 is 20.8 Å². The van der Waals surface area contributed by atoms with Crippen LogP contribution in [0.15, 0.2) is 0 Å². The second-order valence-corrected chi connectivity index (χ2v) is 3.20. The lowest BCUT2D eigenvalue weighted by molar-refractivity contribution is -0.140. The van der Waals surface area contributed by atoms with Crippen molar-refractivity contribution in [2.75, 3.05) is 6.61 Å². The molecule has 2 atom stereocenters. The van der Waals surface area contributed by atoms with Crippen LogP contribution in [0.1, 0.15) is 19.8 Å². The molecule has 2 amide bonds. The molecule has 0 aliphatic carbocycles. The number of rotatable bonds is 6. The van der Waals surface area contributed by atoms with E-state index in [0.29, 0.717) is 12.8 Å². The zero-order valence-corrected chi connectivity index (χ0v) is 9.06. The maximum absolute atomic E-state index is 11.3. The van der Waals surface area contributed by atoms with Crippen molar-refractivity contribution in [3.05, 3.63) is 0 Å². The molecule has 16 heavy (non-hydrogen) atoms. The molecule has 0 aliphatic rings. The smallest absolute Gasteiger partial charge is 0.328 e. The number of hydrogen-bond acceptors (Lipinski definition) is 3. The fourth-order valence-electron chi connectivity index (χ4n) is 1.01. The van der Waals surface area contributed by atoms with Gasteiger partial charge >= 0.3 is 12.0 Å². The Morgan fingerprint density at radius 2 is 2.06 bits per heavy atom. The topological polar surface area (TPSA) is 98.7 Å². The Balaban J connectivity index is 4.15. The van der Waals surface area contributed by atoms with E-state index < -0.39 is 24.6 Å². The number of amides is 2. The standard InChI is InChI=1S/C10H16N2O4/c1-3-5-7(4-2)11-10(16)12-8(6-13)9(14)15/h1,7-8,13H,4-6H2,2H3,(H,14,15)(H2,11,12,16)/t7?,8-/m1/s1. The minimum absolute atomic E-state index is 0.196. The van der Waals surface area contributed by atoms with E-state index >= 15 is 0 Å². The molecule has 4 N–H and O–H groups in total. The average molecular weight is 228 g/mol. The van der Waals surface area contributed by atoms with E-state index in [1.807, 2.05) is 6.92 Å². The lowest BCUT2D eigenvalue weighted by Crippen LogP contribution is -2.50. The van der Waals surface area contributed by atoms with Crippen LogP contribution in [0.5, 0.6) is 0 Å². The first-order valence-electron chi connectivity index (χ1n) is 4.89. The third-order valence-corrected chi connectivity index (χ3v) is 1.98. The summed E-state index contributed by atoms with van der Waals surface area (Å²) in [5, 5.41) is 21.9. The predicted molar refractivity (Wildman–Crippen MR) is 57.7 cm³/mol. The maximum atomic E-state index is 11.3. The summed E-state index contributed by atoms with van der Waals surface area (Å²) in [5.74, 6) is 1.12. The molecule has 6 nitrogen and oxygen atoms in total. The Kier molecular flexibility index (Phi) is 6.72. The number of hydrogen-bond donors (Lipinski definition) is 4. The van der Waals surface area contributed by atoms with Gasteiger partial charge in [-0.15, -0.1) is 12.3 Å². The molecule has 90 valence electrons. The monoisotopic (exact) mass is 228 g/mol. The van der Waals surface area contributed by atoms with E-state index in [1.54, 1.807) is 0 Å². The summed E-state index contributed by atoms with van der Waals surface area (Å²) >= 11 is 0. The first-order chi connectivity index (χ1) is 7.54. The summed E-state index contributed by atoms with van der Waals surface area (Å²) in [6.45, 7) is 1.19. The van der Waals surface area contributed by atoms with Gasteiger partial charge in [-0.1, -0.05) is 6.92 Å². The summed E-state index contributed by atoms with van der Waals surface area (Å²) in [6.07, 6.45) is 6.12.